The van der Waals surface area contributed by atoms with Gasteiger partial charge < -0.3 is 20.1 Å². The summed E-state index contributed by atoms with van der Waals surface area (Å²) >= 11 is 0. The number of carbonyl (C=O) groups excluding carboxylic acids is 1. The Bertz CT molecular complexity index is 1590. The minimum atomic E-state index is -2.88. The fraction of sp³-hybridized carbons (Fsp3) is 0.786. The molecule has 6 aliphatic rings. The Morgan fingerprint density at radius 1 is 0.940 bits per heavy atom. The van der Waals surface area contributed by atoms with Crippen LogP contribution in [0.1, 0.15) is 115 Å². The van der Waals surface area contributed by atoms with Crippen LogP contribution in [0.15, 0.2) is 30.3 Å². The molecule has 0 amide bonds. The van der Waals surface area contributed by atoms with Gasteiger partial charge in [0.2, 0.25) is 0 Å². The first-order valence-electron chi connectivity index (χ1n) is 19.8. The molecule has 0 bridgehead atoms. The van der Waals surface area contributed by atoms with Crippen LogP contribution in [0.3, 0.4) is 0 Å². The molecular weight excluding hydrogens is 645 g/mol. The number of fused-ring (bicyclic) bond motifs is 7. The van der Waals surface area contributed by atoms with Crippen molar-refractivity contribution in [3.8, 4) is 0 Å². The van der Waals surface area contributed by atoms with E-state index >= 15 is 0 Å². The first kappa shape index (κ1) is 36.6. The third-order valence-electron chi connectivity index (χ3n) is 16.6. The average Bonchev–Trinajstić information content (AvgIpc) is 3.45. The summed E-state index contributed by atoms with van der Waals surface area (Å²) in [5.74, 6) is 2.88. The lowest BCUT2D eigenvalue weighted by Crippen LogP contribution is -2.68. The molecule has 2 N–H and O–H groups in total. The van der Waals surface area contributed by atoms with Gasteiger partial charge in [0.15, 0.2) is 9.84 Å². The van der Waals surface area contributed by atoms with Crippen molar-refractivity contribution in [1.29, 1.82) is 0 Å². The summed E-state index contributed by atoms with van der Waals surface area (Å²) in [6.45, 7) is 18.0. The van der Waals surface area contributed by atoms with E-state index < -0.39 is 9.84 Å². The molecule has 10 atom stereocenters. The van der Waals surface area contributed by atoms with Gasteiger partial charge in [-0.1, -0.05) is 52.8 Å². The topological polar surface area (TPSA) is 95.9 Å². The van der Waals surface area contributed by atoms with Crippen LogP contribution < -0.4 is 5.32 Å². The first-order valence-corrected chi connectivity index (χ1v) is 21.6. The largest absolute Gasteiger partial charge is 0.465 e. The summed E-state index contributed by atoms with van der Waals surface area (Å²) in [5.41, 5.74) is 4.00. The highest BCUT2D eigenvalue weighted by molar-refractivity contribution is 7.91. The van der Waals surface area contributed by atoms with E-state index in [9.17, 15) is 18.3 Å². The minimum absolute atomic E-state index is 0.0198. The van der Waals surface area contributed by atoms with Crippen LogP contribution in [0.5, 0.6) is 0 Å². The molecule has 1 heterocycles. The Balaban J connectivity index is 1.14. The minimum Gasteiger partial charge on any atom is -0.465 e. The van der Waals surface area contributed by atoms with Gasteiger partial charge in [0.05, 0.1) is 30.3 Å². The number of benzene rings is 1. The van der Waals surface area contributed by atoms with Crippen molar-refractivity contribution in [2.45, 2.75) is 111 Å². The lowest BCUT2D eigenvalue weighted by Gasteiger charge is -2.72. The summed E-state index contributed by atoms with van der Waals surface area (Å²) < 4.78 is 29.0. The van der Waals surface area contributed by atoms with E-state index in [1.54, 1.807) is 0 Å². The number of esters is 1. The number of allylic oxidation sites excluding steroid dienone is 2. The number of hydrogen-bond donors (Lipinski definition) is 2. The van der Waals surface area contributed by atoms with Gasteiger partial charge in [-0.05, 0) is 139 Å². The molecule has 1 aliphatic heterocycles. The summed E-state index contributed by atoms with van der Waals surface area (Å²) in [6, 6.07) is 8.05. The van der Waals surface area contributed by atoms with Crippen LogP contribution in [-0.2, 0) is 14.6 Å². The van der Waals surface area contributed by atoms with E-state index in [1.807, 2.05) is 19.1 Å². The van der Waals surface area contributed by atoms with Gasteiger partial charge in [0.25, 0.3) is 0 Å². The third kappa shape index (κ3) is 5.58. The number of aliphatic hydroxyl groups excluding tert-OH is 1. The van der Waals surface area contributed by atoms with E-state index in [0.29, 0.717) is 48.2 Å². The third-order valence-corrected chi connectivity index (χ3v) is 18.2. The molecule has 5 fully saturated rings. The molecule has 8 heteroatoms. The first-order chi connectivity index (χ1) is 23.5. The number of nitrogens with zero attached hydrogens (tertiary/aromatic N) is 1. The van der Waals surface area contributed by atoms with E-state index in [0.717, 1.165) is 32.4 Å². The predicted octanol–water partition coefficient (Wildman–Crippen LogP) is 7.00. The zero-order valence-electron chi connectivity index (χ0n) is 31.9. The van der Waals surface area contributed by atoms with Crippen LogP contribution in [0.4, 0.5) is 0 Å². The molecule has 0 radical (unpaired) electrons. The second kappa shape index (κ2) is 12.7. The Hall–Kier alpha value is -1.74. The van der Waals surface area contributed by atoms with Crippen molar-refractivity contribution in [1.82, 2.24) is 10.2 Å². The lowest BCUT2D eigenvalue weighted by atomic mass is 9.33. The molecule has 4 saturated carbocycles. The summed E-state index contributed by atoms with van der Waals surface area (Å²) in [6.07, 6.45) is 13.0. The van der Waals surface area contributed by atoms with Crippen molar-refractivity contribution >= 4 is 21.4 Å². The highest BCUT2D eigenvalue weighted by Gasteiger charge is 2.70. The number of aliphatic hydroxyl groups is 1. The monoisotopic (exact) mass is 708 g/mol. The molecule has 1 aromatic carbocycles. The van der Waals surface area contributed by atoms with Crippen molar-refractivity contribution in [2.24, 2.45) is 51.2 Å². The van der Waals surface area contributed by atoms with E-state index in [2.05, 4.69) is 63.0 Å². The highest BCUT2D eigenvalue weighted by atomic mass is 32.2. The number of sulfone groups is 1. The molecule has 50 heavy (non-hydrogen) atoms. The molecule has 7 rings (SSSR count). The standard InChI is InChI=1S/C42H64N2O5S/c1-28(45)31-14-19-42(43-22-23-44-24-26-50(47,48)27-25-44)21-20-40(5)33(36(31)42)12-13-35-39(4)17-15-32(29-8-10-30(11-9-29)37(46)49-7)38(2,3)34(39)16-18-41(35,40)6/h8-11,15,28,31,33-36,43,45H,12-14,16-27H2,1-7H3/t28?,31-,33+,34-,35+,36+,39-,40+,41+,42-/m0/s1. The number of carbonyl (C=O) groups is 1. The van der Waals surface area contributed by atoms with Crippen LogP contribution >= 0.6 is 0 Å². The molecule has 5 aliphatic carbocycles. The predicted molar refractivity (Wildman–Crippen MR) is 200 cm³/mol. The second-order valence-electron chi connectivity index (χ2n) is 18.8. The van der Waals surface area contributed by atoms with Crippen LogP contribution in [-0.4, -0.2) is 80.8 Å². The van der Waals surface area contributed by atoms with Gasteiger partial charge in [-0.15, -0.1) is 0 Å². The zero-order valence-corrected chi connectivity index (χ0v) is 32.7. The van der Waals surface area contributed by atoms with Crippen molar-refractivity contribution in [3.05, 3.63) is 41.5 Å². The SMILES string of the molecule is COC(=O)c1ccc(C2=CC[C@]3(C)[C@H]4CC[C@@H]5[C@H]6[C@H](C(C)O)CC[C@]6(NCCN6CCS(=O)(=O)CC6)CC[C@@]5(C)[C@]4(C)CC[C@H]3C2(C)C)cc1. The van der Waals surface area contributed by atoms with Crippen LogP contribution in [0, 0.1) is 51.2 Å². The Labute approximate surface area is 302 Å². The Morgan fingerprint density at radius 3 is 2.30 bits per heavy atom. The van der Waals surface area contributed by atoms with Gasteiger partial charge in [-0.3, -0.25) is 0 Å². The van der Waals surface area contributed by atoms with Crippen molar-refractivity contribution in [3.63, 3.8) is 0 Å². The van der Waals surface area contributed by atoms with Gasteiger partial charge in [0.1, 0.15) is 0 Å². The molecule has 7 nitrogen and oxygen atoms in total. The van der Waals surface area contributed by atoms with Gasteiger partial charge in [0, 0.05) is 31.7 Å². The molecule has 0 aromatic heterocycles. The summed E-state index contributed by atoms with van der Waals surface area (Å²) in [4.78, 5) is 14.5. The van der Waals surface area contributed by atoms with Crippen LogP contribution in [0.2, 0.25) is 0 Å². The number of hydrogen-bond acceptors (Lipinski definition) is 7. The maximum atomic E-state index is 12.1. The van der Waals surface area contributed by atoms with Crippen molar-refractivity contribution < 1.29 is 23.1 Å². The molecule has 0 spiro atoms. The Morgan fingerprint density at radius 2 is 1.64 bits per heavy atom. The van der Waals surface area contributed by atoms with E-state index in [-0.39, 0.29) is 50.8 Å². The number of nitrogens with one attached hydrogen (secondary N) is 1. The molecule has 1 unspecified atom stereocenters. The maximum absolute atomic E-state index is 12.1. The second-order valence-corrected chi connectivity index (χ2v) is 21.1. The molecule has 1 saturated heterocycles. The van der Waals surface area contributed by atoms with Gasteiger partial charge in [-0.2, -0.15) is 0 Å². The smallest absolute Gasteiger partial charge is 0.337 e. The molecule has 278 valence electrons. The quantitative estimate of drug-likeness (QED) is 0.295. The average molecular weight is 709 g/mol. The molecular formula is C42H64N2O5S. The number of methoxy groups -OCH3 is 1. The van der Waals surface area contributed by atoms with E-state index in [4.69, 9.17) is 4.74 Å². The summed E-state index contributed by atoms with van der Waals surface area (Å²) in [5, 5.41) is 15.4. The summed E-state index contributed by atoms with van der Waals surface area (Å²) in [7, 11) is -1.44. The van der Waals surface area contributed by atoms with Crippen LogP contribution in [0.25, 0.3) is 5.57 Å². The molecule has 1 aromatic rings. The lowest BCUT2D eigenvalue weighted by molar-refractivity contribution is -0.222. The fourth-order valence-electron chi connectivity index (χ4n) is 13.9. The van der Waals surface area contributed by atoms with Crippen molar-refractivity contribution in [2.75, 3.05) is 44.8 Å². The number of ether oxygens (including phenoxy) is 1. The fourth-order valence-corrected chi connectivity index (χ4v) is 15.2. The van der Waals surface area contributed by atoms with Gasteiger partial charge >= 0.3 is 5.97 Å². The maximum Gasteiger partial charge on any atom is 0.337 e. The van der Waals surface area contributed by atoms with E-state index in [1.165, 1.54) is 56.8 Å². The highest BCUT2D eigenvalue weighted by Crippen LogP contribution is 2.76. The van der Waals surface area contributed by atoms with Gasteiger partial charge in [-0.25, -0.2) is 13.2 Å². The normalized spacial score (nSPS) is 42.6. The zero-order chi connectivity index (χ0) is 35.9. The Kier molecular flexibility index (Phi) is 9.29. The number of rotatable bonds is 7.